The van der Waals surface area contributed by atoms with Gasteiger partial charge < -0.3 is 0 Å². The van der Waals surface area contributed by atoms with Gasteiger partial charge in [-0.25, -0.2) is 9.37 Å². The second-order valence-electron chi connectivity index (χ2n) is 7.15. The highest BCUT2D eigenvalue weighted by Gasteiger charge is 2.16. The van der Waals surface area contributed by atoms with Crippen LogP contribution >= 0.6 is 23.1 Å². The van der Waals surface area contributed by atoms with Gasteiger partial charge in [0.15, 0.2) is 4.34 Å². The smallest absolute Gasteiger partial charge is 0.258 e. The Morgan fingerprint density at radius 1 is 0.939 bits per heavy atom. The number of thioether (sulfide) groups is 1. The van der Waals surface area contributed by atoms with Gasteiger partial charge in [-0.3, -0.25) is 10.1 Å². The van der Waals surface area contributed by atoms with E-state index in [2.05, 4.69) is 15.5 Å². The fourth-order valence-electron chi connectivity index (χ4n) is 3.36. The molecule has 8 heteroatoms. The topological polar surface area (TPSA) is 67.8 Å². The standard InChI is InChI=1S/C25H17FN4OS2/c26-20-12-6-4-10-17(20)15-32-25-30-29-24(33-25)28-23(31)19-14-22(16-8-2-1-3-9-16)27-21-13-7-5-11-18(19)21/h1-14H,15H2,(H,28,29,31). The number of nitrogens with zero attached hydrogens (tertiary/aromatic N) is 3. The summed E-state index contributed by atoms with van der Waals surface area (Å²) in [6, 6.07) is 25.7. The van der Waals surface area contributed by atoms with Crippen molar-refractivity contribution in [3.05, 3.63) is 102 Å². The van der Waals surface area contributed by atoms with Crippen LogP contribution in [-0.2, 0) is 5.75 Å². The molecule has 0 fully saturated rings. The Kier molecular flexibility index (Phi) is 6.10. The van der Waals surface area contributed by atoms with Gasteiger partial charge in [-0.1, -0.05) is 89.8 Å². The molecule has 5 nitrogen and oxygen atoms in total. The molecular weight excluding hydrogens is 455 g/mol. The number of benzene rings is 3. The summed E-state index contributed by atoms with van der Waals surface area (Å²) in [5.74, 6) is -0.0978. The van der Waals surface area contributed by atoms with E-state index in [0.29, 0.717) is 26.4 Å². The zero-order chi connectivity index (χ0) is 22.6. The lowest BCUT2D eigenvalue weighted by atomic mass is 10.0. The van der Waals surface area contributed by atoms with Gasteiger partial charge in [0.25, 0.3) is 5.91 Å². The number of rotatable bonds is 6. The summed E-state index contributed by atoms with van der Waals surface area (Å²) in [7, 11) is 0. The number of amides is 1. The number of carbonyl (C=O) groups excluding carboxylic acids is 1. The molecule has 3 aromatic carbocycles. The second kappa shape index (κ2) is 9.48. The minimum absolute atomic E-state index is 0.248. The highest BCUT2D eigenvalue weighted by atomic mass is 32.2. The van der Waals surface area contributed by atoms with Crippen LogP contribution in [0.2, 0.25) is 0 Å². The highest BCUT2D eigenvalue weighted by Crippen LogP contribution is 2.30. The molecule has 0 saturated carbocycles. The molecule has 162 valence electrons. The third kappa shape index (κ3) is 4.76. The van der Waals surface area contributed by atoms with Crippen molar-refractivity contribution in [3.63, 3.8) is 0 Å². The Bertz CT molecular complexity index is 1440. The van der Waals surface area contributed by atoms with Gasteiger partial charge in [0.05, 0.1) is 16.8 Å². The molecule has 0 aliphatic heterocycles. The Balaban J connectivity index is 1.38. The second-order valence-corrected chi connectivity index (χ2v) is 9.35. The zero-order valence-electron chi connectivity index (χ0n) is 17.2. The number of pyridine rings is 1. The van der Waals surface area contributed by atoms with Crippen LogP contribution in [0.25, 0.3) is 22.2 Å². The summed E-state index contributed by atoms with van der Waals surface area (Å²) in [6.07, 6.45) is 0. The molecule has 0 aliphatic carbocycles. The van der Waals surface area contributed by atoms with Gasteiger partial charge >= 0.3 is 0 Å². The first kappa shape index (κ1) is 21.2. The van der Waals surface area contributed by atoms with Crippen LogP contribution in [-0.4, -0.2) is 21.1 Å². The fourth-order valence-corrected chi connectivity index (χ4v) is 5.09. The number of anilines is 1. The van der Waals surface area contributed by atoms with Crippen molar-refractivity contribution < 1.29 is 9.18 Å². The maximum atomic E-state index is 13.8. The molecule has 0 bridgehead atoms. The molecule has 1 amide bonds. The van der Waals surface area contributed by atoms with E-state index in [0.717, 1.165) is 22.2 Å². The maximum absolute atomic E-state index is 13.8. The van der Waals surface area contributed by atoms with E-state index < -0.39 is 0 Å². The molecular formula is C25H17FN4OS2. The maximum Gasteiger partial charge on any atom is 0.258 e. The van der Waals surface area contributed by atoms with Crippen molar-refractivity contribution in [1.29, 1.82) is 0 Å². The Hall–Kier alpha value is -3.62. The van der Waals surface area contributed by atoms with Crippen LogP contribution in [0.4, 0.5) is 9.52 Å². The van der Waals surface area contributed by atoms with Crippen LogP contribution in [0.15, 0.2) is 89.3 Å². The molecule has 0 radical (unpaired) electrons. The molecule has 5 aromatic rings. The average molecular weight is 473 g/mol. The van der Waals surface area contributed by atoms with Crippen LogP contribution in [0.1, 0.15) is 15.9 Å². The van der Waals surface area contributed by atoms with E-state index in [1.165, 1.54) is 29.2 Å². The van der Waals surface area contributed by atoms with Gasteiger partial charge in [0.1, 0.15) is 5.82 Å². The Morgan fingerprint density at radius 3 is 2.55 bits per heavy atom. The molecule has 2 aromatic heterocycles. The number of hydrogen-bond acceptors (Lipinski definition) is 6. The first-order chi connectivity index (χ1) is 16.2. The van der Waals surface area contributed by atoms with E-state index in [-0.39, 0.29) is 11.7 Å². The molecule has 5 rings (SSSR count). The first-order valence-corrected chi connectivity index (χ1v) is 11.9. The predicted molar refractivity (Wildman–Crippen MR) is 131 cm³/mol. The van der Waals surface area contributed by atoms with E-state index in [1.54, 1.807) is 24.3 Å². The lowest BCUT2D eigenvalue weighted by Gasteiger charge is -2.09. The number of nitrogens with one attached hydrogen (secondary N) is 1. The molecule has 33 heavy (non-hydrogen) atoms. The van der Waals surface area contributed by atoms with Gasteiger partial charge in [-0.2, -0.15) is 0 Å². The minimum Gasteiger partial charge on any atom is -0.296 e. The van der Waals surface area contributed by atoms with E-state index in [4.69, 9.17) is 4.98 Å². The quantitative estimate of drug-likeness (QED) is 0.228. The van der Waals surface area contributed by atoms with E-state index in [1.807, 2.05) is 54.6 Å². The number of carbonyl (C=O) groups is 1. The summed E-state index contributed by atoms with van der Waals surface area (Å²) in [5, 5.41) is 12.2. The van der Waals surface area contributed by atoms with Crippen LogP contribution in [0.3, 0.4) is 0 Å². The molecule has 0 saturated heterocycles. The number of fused-ring (bicyclic) bond motifs is 1. The number of aromatic nitrogens is 3. The average Bonchev–Trinajstić information content (AvgIpc) is 3.30. The normalized spacial score (nSPS) is 10.9. The van der Waals surface area contributed by atoms with Crippen molar-refractivity contribution in [2.75, 3.05) is 5.32 Å². The predicted octanol–water partition coefficient (Wildman–Crippen LogP) is 6.44. The molecule has 1 N–H and O–H groups in total. The summed E-state index contributed by atoms with van der Waals surface area (Å²) in [6.45, 7) is 0. The van der Waals surface area contributed by atoms with Gasteiger partial charge in [-0.15, -0.1) is 10.2 Å². The summed E-state index contributed by atoms with van der Waals surface area (Å²) in [5.41, 5.74) is 3.50. The third-order valence-electron chi connectivity index (χ3n) is 4.97. The largest absolute Gasteiger partial charge is 0.296 e. The SMILES string of the molecule is O=C(Nc1nnc(SCc2ccccc2F)s1)c1cc(-c2ccccc2)nc2ccccc12. The molecule has 0 unspecified atom stereocenters. The van der Waals surface area contributed by atoms with Crippen molar-refractivity contribution >= 4 is 45.0 Å². The minimum atomic E-state index is -0.285. The zero-order valence-corrected chi connectivity index (χ0v) is 18.9. The van der Waals surface area contributed by atoms with E-state index in [9.17, 15) is 9.18 Å². The van der Waals surface area contributed by atoms with Gasteiger partial charge in [0, 0.05) is 16.7 Å². The van der Waals surface area contributed by atoms with E-state index >= 15 is 0 Å². The van der Waals surface area contributed by atoms with Crippen molar-refractivity contribution in [3.8, 4) is 11.3 Å². The molecule has 0 aliphatic rings. The molecule has 2 heterocycles. The molecule has 0 spiro atoms. The van der Waals surface area contributed by atoms with Crippen LogP contribution in [0.5, 0.6) is 0 Å². The highest BCUT2D eigenvalue weighted by molar-refractivity contribution is 8.00. The number of hydrogen-bond donors (Lipinski definition) is 1. The monoisotopic (exact) mass is 472 g/mol. The summed E-state index contributed by atoms with van der Waals surface area (Å²) >= 11 is 2.63. The lowest BCUT2D eigenvalue weighted by molar-refractivity contribution is 0.102. The molecule has 0 atom stereocenters. The van der Waals surface area contributed by atoms with Crippen molar-refractivity contribution in [1.82, 2.24) is 15.2 Å². The fraction of sp³-hybridized carbons (Fsp3) is 0.0400. The van der Waals surface area contributed by atoms with Crippen LogP contribution in [0, 0.1) is 5.82 Å². The summed E-state index contributed by atoms with van der Waals surface area (Å²) < 4.78 is 14.5. The Labute approximate surface area is 197 Å². The number of para-hydroxylation sites is 1. The number of halogens is 1. The lowest BCUT2D eigenvalue weighted by Crippen LogP contribution is -2.13. The first-order valence-electron chi connectivity index (χ1n) is 10.1. The van der Waals surface area contributed by atoms with Gasteiger partial charge in [0.2, 0.25) is 5.13 Å². The third-order valence-corrected chi connectivity index (χ3v) is 6.99. The van der Waals surface area contributed by atoms with Crippen molar-refractivity contribution in [2.24, 2.45) is 0 Å². The Morgan fingerprint density at radius 2 is 1.70 bits per heavy atom. The van der Waals surface area contributed by atoms with Crippen molar-refractivity contribution in [2.45, 2.75) is 10.1 Å². The van der Waals surface area contributed by atoms with Crippen LogP contribution < -0.4 is 5.32 Å². The summed E-state index contributed by atoms with van der Waals surface area (Å²) in [4.78, 5) is 17.9. The van der Waals surface area contributed by atoms with Gasteiger partial charge in [-0.05, 0) is 23.8 Å².